The second-order valence-electron chi connectivity index (χ2n) is 4.61. The summed E-state index contributed by atoms with van der Waals surface area (Å²) in [6, 6.07) is 2.15. The summed E-state index contributed by atoms with van der Waals surface area (Å²) in [7, 11) is 0. The molecule has 2 N–H and O–H groups in total. The molecule has 0 radical (unpaired) electrons. The van der Waals surface area contributed by atoms with Gasteiger partial charge in [0, 0.05) is 25.1 Å². The molecule has 1 unspecified atom stereocenters. The summed E-state index contributed by atoms with van der Waals surface area (Å²) in [5.74, 6) is 1.39. The van der Waals surface area contributed by atoms with Crippen LogP contribution in [-0.2, 0) is 11.2 Å². The Bertz CT molecular complexity index is 395. The van der Waals surface area contributed by atoms with Crippen molar-refractivity contribution < 1.29 is 9.21 Å². The number of hydrogen-bond donors (Lipinski definition) is 2. The first-order valence-corrected chi connectivity index (χ1v) is 5.92. The van der Waals surface area contributed by atoms with Crippen molar-refractivity contribution in [1.82, 2.24) is 10.6 Å². The molecule has 1 fully saturated rings. The largest absolute Gasteiger partial charge is 0.469 e. The summed E-state index contributed by atoms with van der Waals surface area (Å²) >= 11 is 0. The van der Waals surface area contributed by atoms with E-state index in [0.717, 1.165) is 38.1 Å². The van der Waals surface area contributed by atoms with E-state index in [-0.39, 0.29) is 17.9 Å². The van der Waals surface area contributed by atoms with Crippen LogP contribution in [0.5, 0.6) is 0 Å². The summed E-state index contributed by atoms with van der Waals surface area (Å²) in [6.07, 6.45) is 4.84. The quantitative estimate of drug-likeness (QED) is 0.781. The molecule has 1 aromatic rings. The van der Waals surface area contributed by atoms with Gasteiger partial charge in [0.15, 0.2) is 0 Å². The van der Waals surface area contributed by atoms with Gasteiger partial charge in [-0.3, -0.25) is 4.79 Å². The smallest absolute Gasteiger partial charge is 0.226 e. The van der Waals surface area contributed by atoms with Crippen molar-refractivity contribution in [2.75, 3.05) is 13.1 Å². The third-order valence-corrected chi connectivity index (χ3v) is 3.52. The van der Waals surface area contributed by atoms with Gasteiger partial charge in [-0.15, -0.1) is 0 Å². The maximum absolute atomic E-state index is 11.8. The minimum atomic E-state index is 0.163. The van der Waals surface area contributed by atoms with Gasteiger partial charge < -0.3 is 15.1 Å². The highest BCUT2D eigenvalue weighted by Gasteiger charge is 2.29. The standard InChI is InChI=1S/C12H16N2O2/c15-12(8-6-13-7-8)14-10-2-1-3-11-9(10)4-5-16-11/h4-5,8,10,13H,1-3,6-7H2,(H,14,15). The lowest BCUT2D eigenvalue weighted by atomic mass is 9.92. The van der Waals surface area contributed by atoms with Gasteiger partial charge >= 0.3 is 0 Å². The zero-order valence-corrected chi connectivity index (χ0v) is 9.16. The maximum atomic E-state index is 11.8. The number of nitrogens with one attached hydrogen (secondary N) is 2. The molecule has 3 rings (SSSR count). The van der Waals surface area contributed by atoms with Crippen LogP contribution in [0.2, 0.25) is 0 Å². The van der Waals surface area contributed by atoms with Crippen LogP contribution < -0.4 is 10.6 Å². The molecule has 1 amide bonds. The molecule has 1 aromatic heterocycles. The molecule has 0 bridgehead atoms. The Hall–Kier alpha value is -1.29. The predicted molar refractivity (Wildman–Crippen MR) is 58.9 cm³/mol. The van der Waals surface area contributed by atoms with Gasteiger partial charge in [0.25, 0.3) is 0 Å². The number of aryl methyl sites for hydroxylation is 1. The highest BCUT2D eigenvalue weighted by Crippen LogP contribution is 2.30. The zero-order chi connectivity index (χ0) is 11.0. The fraction of sp³-hybridized carbons (Fsp3) is 0.583. The van der Waals surface area contributed by atoms with Crippen LogP contribution >= 0.6 is 0 Å². The molecular formula is C12H16N2O2. The minimum absolute atomic E-state index is 0.163. The van der Waals surface area contributed by atoms with Crippen LogP contribution in [0.4, 0.5) is 0 Å². The molecule has 16 heavy (non-hydrogen) atoms. The van der Waals surface area contributed by atoms with Crippen molar-refractivity contribution in [2.45, 2.75) is 25.3 Å². The molecule has 1 aliphatic carbocycles. The fourth-order valence-corrected chi connectivity index (χ4v) is 2.40. The highest BCUT2D eigenvalue weighted by atomic mass is 16.3. The monoisotopic (exact) mass is 220 g/mol. The predicted octanol–water partition coefficient (Wildman–Crippen LogP) is 0.993. The zero-order valence-electron chi connectivity index (χ0n) is 9.16. The van der Waals surface area contributed by atoms with Crippen LogP contribution in [0.15, 0.2) is 16.7 Å². The Morgan fingerprint density at radius 3 is 3.12 bits per heavy atom. The molecule has 86 valence electrons. The van der Waals surface area contributed by atoms with Gasteiger partial charge in [-0.1, -0.05) is 0 Å². The number of rotatable bonds is 2. The van der Waals surface area contributed by atoms with Crippen LogP contribution in [0.25, 0.3) is 0 Å². The lowest BCUT2D eigenvalue weighted by Gasteiger charge is -2.29. The number of amides is 1. The lowest BCUT2D eigenvalue weighted by molar-refractivity contribution is -0.127. The van der Waals surface area contributed by atoms with Crippen molar-refractivity contribution in [2.24, 2.45) is 5.92 Å². The van der Waals surface area contributed by atoms with Crippen LogP contribution in [0.3, 0.4) is 0 Å². The van der Waals surface area contributed by atoms with E-state index in [1.165, 1.54) is 5.56 Å². The van der Waals surface area contributed by atoms with Crippen molar-refractivity contribution >= 4 is 5.91 Å². The third kappa shape index (κ3) is 1.63. The van der Waals surface area contributed by atoms with Crippen LogP contribution in [-0.4, -0.2) is 19.0 Å². The number of carbonyl (C=O) groups is 1. The average molecular weight is 220 g/mol. The lowest BCUT2D eigenvalue weighted by Crippen LogP contribution is -2.51. The molecular weight excluding hydrogens is 204 g/mol. The molecule has 0 saturated carbocycles. The second kappa shape index (κ2) is 3.94. The van der Waals surface area contributed by atoms with Crippen molar-refractivity contribution in [3.8, 4) is 0 Å². The SMILES string of the molecule is O=C(NC1CCCc2occc21)C1CNC1. The van der Waals surface area contributed by atoms with E-state index in [9.17, 15) is 4.79 Å². The average Bonchev–Trinajstić information content (AvgIpc) is 2.63. The Kier molecular flexibility index (Phi) is 2.44. The molecule has 1 atom stereocenters. The van der Waals surface area contributed by atoms with Crippen LogP contribution in [0, 0.1) is 5.92 Å². The van der Waals surface area contributed by atoms with E-state index >= 15 is 0 Å². The first-order valence-electron chi connectivity index (χ1n) is 5.92. The third-order valence-electron chi connectivity index (χ3n) is 3.52. The summed E-state index contributed by atoms with van der Waals surface area (Å²) in [5, 5.41) is 6.24. The number of carbonyl (C=O) groups excluding carboxylic acids is 1. The number of hydrogen-bond acceptors (Lipinski definition) is 3. The first kappa shape index (κ1) is 9.90. The van der Waals surface area contributed by atoms with E-state index in [1.54, 1.807) is 6.26 Å². The summed E-state index contributed by atoms with van der Waals surface area (Å²) in [5.41, 5.74) is 1.17. The maximum Gasteiger partial charge on any atom is 0.226 e. The summed E-state index contributed by atoms with van der Waals surface area (Å²) in [4.78, 5) is 11.8. The normalized spacial score (nSPS) is 24.6. The minimum Gasteiger partial charge on any atom is -0.469 e. The highest BCUT2D eigenvalue weighted by molar-refractivity contribution is 5.80. The van der Waals surface area contributed by atoms with E-state index in [2.05, 4.69) is 10.6 Å². The molecule has 2 aliphatic rings. The Labute approximate surface area is 94.4 Å². The Morgan fingerprint density at radius 1 is 1.50 bits per heavy atom. The van der Waals surface area contributed by atoms with Gasteiger partial charge in [-0.05, 0) is 18.9 Å². The van der Waals surface area contributed by atoms with E-state index < -0.39 is 0 Å². The van der Waals surface area contributed by atoms with E-state index in [4.69, 9.17) is 4.42 Å². The molecule has 1 saturated heterocycles. The fourth-order valence-electron chi connectivity index (χ4n) is 2.40. The van der Waals surface area contributed by atoms with Gasteiger partial charge in [0.1, 0.15) is 5.76 Å². The molecule has 0 aromatic carbocycles. The molecule has 4 heteroatoms. The topological polar surface area (TPSA) is 54.3 Å². The van der Waals surface area contributed by atoms with Crippen molar-refractivity contribution in [3.05, 3.63) is 23.7 Å². The molecule has 0 spiro atoms. The van der Waals surface area contributed by atoms with Gasteiger partial charge in [-0.25, -0.2) is 0 Å². The van der Waals surface area contributed by atoms with Crippen molar-refractivity contribution in [3.63, 3.8) is 0 Å². The molecule has 4 nitrogen and oxygen atoms in total. The van der Waals surface area contributed by atoms with Gasteiger partial charge in [0.05, 0.1) is 18.2 Å². The van der Waals surface area contributed by atoms with E-state index in [1.807, 2.05) is 6.07 Å². The molecule has 2 heterocycles. The summed E-state index contributed by atoms with van der Waals surface area (Å²) in [6.45, 7) is 1.63. The van der Waals surface area contributed by atoms with Crippen LogP contribution in [0.1, 0.15) is 30.2 Å². The van der Waals surface area contributed by atoms with Gasteiger partial charge in [-0.2, -0.15) is 0 Å². The Morgan fingerprint density at radius 2 is 2.38 bits per heavy atom. The number of fused-ring (bicyclic) bond motifs is 1. The number of furan rings is 1. The van der Waals surface area contributed by atoms with Gasteiger partial charge in [0.2, 0.25) is 5.91 Å². The summed E-state index contributed by atoms with van der Waals surface area (Å²) < 4.78 is 5.40. The second-order valence-corrected chi connectivity index (χ2v) is 4.61. The van der Waals surface area contributed by atoms with E-state index in [0.29, 0.717) is 0 Å². The first-order chi connectivity index (χ1) is 7.84. The Balaban J connectivity index is 1.70. The molecule has 1 aliphatic heterocycles. The van der Waals surface area contributed by atoms with Crippen molar-refractivity contribution in [1.29, 1.82) is 0 Å².